The number of nitrogens with two attached hydrogens (primary N) is 1. The van der Waals surface area contributed by atoms with Crippen molar-refractivity contribution in [2.45, 2.75) is 0 Å². The highest BCUT2D eigenvalue weighted by atomic mass is 19.2. The van der Waals surface area contributed by atoms with Crippen LogP contribution >= 0.6 is 0 Å². The van der Waals surface area contributed by atoms with Crippen LogP contribution in [0.25, 0.3) is 11.0 Å². The number of primary amides is 1. The van der Waals surface area contributed by atoms with E-state index in [1.54, 1.807) is 6.07 Å². The first-order valence-corrected chi connectivity index (χ1v) is 3.61. The van der Waals surface area contributed by atoms with Crippen LogP contribution in [0.15, 0.2) is 24.5 Å². The summed E-state index contributed by atoms with van der Waals surface area (Å²) in [5.74, 6) is -0.580. The summed E-state index contributed by atoms with van der Waals surface area (Å²) in [6, 6.07) is 4.42. The Hall–Kier alpha value is -1.91. The van der Waals surface area contributed by atoms with Crippen LogP contribution in [0.5, 0.6) is 0 Å². The molecule has 0 saturated carbocycles. The average Bonchev–Trinajstić information content (AvgIpc) is 2.47. The Labute approximate surface area is 72.7 Å². The molecule has 5 heteroatoms. The molecule has 2 N–H and O–H groups in total. The van der Waals surface area contributed by atoms with Gasteiger partial charge in [-0.05, 0) is 18.2 Å². The van der Waals surface area contributed by atoms with Crippen LogP contribution in [-0.4, -0.2) is 15.7 Å². The fraction of sp³-hybridized carbons (Fsp3) is 0. The number of rotatable bonds is 1. The lowest BCUT2D eigenvalue weighted by Gasteiger charge is -1.94. The zero-order valence-electron chi connectivity index (χ0n) is 6.57. The Kier molecular flexibility index (Phi) is 1.51. The van der Waals surface area contributed by atoms with E-state index in [4.69, 9.17) is 5.73 Å². The highest BCUT2D eigenvalue weighted by Gasteiger charge is 2.05. The highest BCUT2D eigenvalue weighted by Crippen LogP contribution is 2.14. The summed E-state index contributed by atoms with van der Waals surface area (Å²) >= 11 is 0. The van der Waals surface area contributed by atoms with Gasteiger partial charge in [0.25, 0.3) is 0 Å². The summed E-state index contributed by atoms with van der Waals surface area (Å²) in [6.07, 6.45) is 1.04. The van der Waals surface area contributed by atoms with Crippen LogP contribution in [0.2, 0.25) is 0 Å². The second kappa shape index (κ2) is 2.55. The molecule has 66 valence electrons. The van der Waals surface area contributed by atoms with E-state index in [1.165, 1.54) is 12.1 Å². The second-order valence-corrected chi connectivity index (χ2v) is 2.62. The Morgan fingerprint density at radius 3 is 3.00 bits per heavy atom. The first kappa shape index (κ1) is 7.72. The van der Waals surface area contributed by atoms with Crippen molar-refractivity contribution in [3.63, 3.8) is 0 Å². The predicted octanol–water partition coefficient (Wildman–Crippen LogP) is 0.868. The largest absolute Gasteiger partial charge is 0.366 e. The number of imidazole rings is 1. The number of nitrogens with zero attached hydrogens (tertiary/aromatic N) is 2. The molecule has 0 fully saturated rings. The summed E-state index contributed by atoms with van der Waals surface area (Å²) < 4.78 is 12.9. The van der Waals surface area contributed by atoms with Crippen LogP contribution in [-0.2, 0) is 0 Å². The molecule has 0 saturated heterocycles. The molecule has 0 spiro atoms. The minimum Gasteiger partial charge on any atom is -0.366 e. The van der Waals surface area contributed by atoms with Gasteiger partial charge >= 0.3 is 0 Å². The maximum absolute atomic E-state index is 12.9. The van der Waals surface area contributed by atoms with Crippen molar-refractivity contribution in [3.8, 4) is 0 Å². The molecule has 1 heterocycles. The molecule has 13 heavy (non-hydrogen) atoms. The molecule has 1 aromatic carbocycles. The van der Waals surface area contributed by atoms with Crippen molar-refractivity contribution in [3.05, 3.63) is 30.1 Å². The van der Waals surface area contributed by atoms with Crippen LogP contribution in [0, 0.1) is 0 Å². The minimum atomic E-state index is -0.580. The first-order chi connectivity index (χ1) is 6.18. The lowest BCUT2D eigenvalue weighted by molar-refractivity contribution is 0.100. The van der Waals surface area contributed by atoms with Gasteiger partial charge in [-0.3, -0.25) is 4.79 Å². The molecule has 0 bridgehead atoms. The van der Waals surface area contributed by atoms with E-state index in [0.29, 0.717) is 10.3 Å². The van der Waals surface area contributed by atoms with Gasteiger partial charge in [0.2, 0.25) is 5.91 Å². The topological polar surface area (TPSA) is 60.9 Å². The number of benzene rings is 1. The van der Waals surface area contributed by atoms with Gasteiger partial charge in [-0.15, -0.1) is 0 Å². The normalized spacial score (nSPS) is 10.5. The summed E-state index contributed by atoms with van der Waals surface area (Å²) in [5.41, 5.74) is 6.04. The third-order valence-corrected chi connectivity index (χ3v) is 1.79. The van der Waals surface area contributed by atoms with Crippen molar-refractivity contribution in [2.24, 2.45) is 5.73 Å². The van der Waals surface area contributed by atoms with E-state index in [9.17, 15) is 9.28 Å². The highest BCUT2D eigenvalue weighted by molar-refractivity contribution is 5.96. The molecule has 0 radical (unpaired) electrons. The molecule has 1 aromatic heterocycles. The van der Waals surface area contributed by atoms with Crippen molar-refractivity contribution >= 4 is 16.9 Å². The van der Waals surface area contributed by atoms with E-state index in [-0.39, 0.29) is 11.1 Å². The monoisotopic (exact) mass is 179 g/mol. The number of fused-ring (bicyclic) bond motifs is 1. The average molecular weight is 179 g/mol. The summed E-state index contributed by atoms with van der Waals surface area (Å²) in [6.45, 7) is 0. The van der Waals surface area contributed by atoms with Gasteiger partial charge < -0.3 is 5.73 Å². The number of aromatic nitrogens is 2. The number of hydrogen-bond acceptors (Lipinski definition) is 2. The van der Waals surface area contributed by atoms with E-state index >= 15 is 0 Å². The van der Waals surface area contributed by atoms with Crippen LogP contribution < -0.4 is 5.73 Å². The van der Waals surface area contributed by atoms with Gasteiger partial charge in [-0.25, -0.2) is 4.98 Å². The molecular formula is C8H6FN3O. The number of carbonyl (C=O) groups is 1. The van der Waals surface area contributed by atoms with Crippen LogP contribution in [0.4, 0.5) is 4.48 Å². The van der Waals surface area contributed by atoms with Crippen LogP contribution in [0.1, 0.15) is 10.4 Å². The van der Waals surface area contributed by atoms with Gasteiger partial charge in [-0.2, -0.15) is 4.79 Å². The number of carbonyl (C=O) groups excluding carboxylic acids is 1. The van der Waals surface area contributed by atoms with Gasteiger partial charge in [0.1, 0.15) is 11.8 Å². The third-order valence-electron chi connectivity index (χ3n) is 1.79. The van der Waals surface area contributed by atoms with E-state index < -0.39 is 5.91 Å². The van der Waals surface area contributed by atoms with E-state index in [2.05, 4.69) is 4.98 Å². The second-order valence-electron chi connectivity index (χ2n) is 2.62. The molecule has 1 amide bonds. The van der Waals surface area contributed by atoms with E-state index in [0.717, 1.165) is 6.33 Å². The molecule has 0 aliphatic heterocycles. The standard InChI is InChI=1S/C8H6FN3O/c9-12-4-11-6-2-1-5(8(10)13)3-7(6)12/h1-4H,(H2,10,13). The number of hydrogen-bond donors (Lipinski definition) is 1. The van der Waals surface area contributed by atoms with Crippen molar-refractivity contribution in [1.82, 2.24) is 9.77 Å². The molecule has 0 atom stereocenters. The Balaban J connectivity index is 2.72. The lowest BCUT2D eigenvalue weighted by atomic mass is 10.2. The zero-order valence-corrected chi connectivity index (χ0v) is 6.57. The summed E-state index contributed by atoms with van der Waals surface area (Å²) in [7, 11) is 0. The van der Waals surface area contributed by atoms with Crippen molar-refractivity contribution < 1.29 is 9.28 Å². The smallest absolute Gasteiger partial charge is 0.248 e. The fourth-order valence-corrected chi connectivity index (χ4v) is 1.13. The maximum Gasteiger partial charge on any atom is 0.248 e. The van der Waals surface area contributed by atoms with Gasteiger partial charge in [0.05, 0.1) is 5.52 Å². The summed E-state index contributed by atoms with van der Waals surface area (Å²) in [5, 5.41) is 0. The first-order valence-electron chi connectivity index (χ1n) is 3.61. The molecule has 0 aliphatic rings. The molecular weight excluding hydrogens is 173 g/mol. The maximum atomic E-state index is 12.9. The fourth-order valence-electron chi connectivity index (χ4n) is 1.13. The number of halogens is 1. The minimum absolute atomic E-state index is 0.247. The van der Waals surface area contributed by atoms with Crippen molar-refractivity contribution in [1.29, 1.82) is 0 Å². The van der Waals surface area contributed by atoms with Gasteiger partial charge in [-0.1, -0.05) is 4.48 Å². The van der Waals surface area contributed by atoms with Gasteiger partial charge in [0.15, 0.2) is 0 Å². The Morgan fingerprint density at radius 2 is 2.31 bits per heavy atom. The molecule has 2 aromatic rings. The molecule has 2 rings (SSSR count). The lowest BCUT2D eigenvalue weighted by Crippen LogP contribution is -2.10. The quantitative estimate of drug-likeness (QED) is 0.705. The van der Waals surface area contributed by atoms with Crippen molar-refractivity contribution in [2.75, 3.05) is 0 Å². The SMILES string of the molecule is NC(=O)c1ccc2ncn(F)c2c1. The Morgan fingerprint density at radius 1 is 1.54 bits per heavy atom. The molecule has 0 unspecified atom stereocenters. The predicted molar refractivity (Wildman–Crippen MR) is 44.8 cm³/mol. The van der Waals surface area contributed by atoms with E-state index in [1.807, 2.05) is 0 Å². The van der Waals surface area contributed by atoms with Crippen LogP contribution in [0.3, 0.4) is 0 Å². The van der Waals surface area contributed by atoms with Gasteiger partial charge in [0, 0.05) is 5.56 Å². The zero-order chi connectivity index (χ0) is 9.42. The Bertz CT molecular complexity index is 477. The number of amides is 1. The molecule has 4 nitrogen and oxygen atoms in total. The summed E-state index contributed by atoms with van der Waals surface area (Å²) in [4.78, 5) is 14.9. The third kappa shape index (κ3) is 1.14. The molecule has 0 aliphatic carbocycles.